The van der Waals surface area contributed by atoms with Crippen molar-refractivity contribution in [2.45, 2.75) is 9.79 Å². The second-order valence-corrected chi connectivity index (χ2v) is 6.99. The summed E-state index contributed by atoms with van der Waals surface area (Å²) in [4.78, 5) is 14.6. The number of rotatable bonds is 8. The van der Waals surface area contributed by atoms with Crippen LogP contribution in [0.2, 0.25) is 0 Å². The maximum atomic E-state index is 12.4. The van der Waals surface area contributed by atoms with Gasteiger partial charge in [-0.2, -0.15) is 0 Å². The highest BCUT2D eigenvalue weighted by molar-refractivity contribution is 7.99. The first-order valence-electron chi connectivity index (χ1n) is 8.77. The van der Waals surface area contributed by atoms with Crippen LogP contribution in [0.4, 0.5) is 11.4 Å². The molecule has 5 nitrogen and oxygen atoms in total. The summed E-state index contributed by atoms with van der Waals surface area (Å²) in [5, 5.41) is 6.08. The van der Waals surface area contributed by atoms with Crippen molar-refractivity contribution >= 4 is 29.0 Å². The summed E-state index contributed by atoms with van der Waals surface area (Å²) in [5.41, 5.74) is 1.51. The number of benzene rings is 3. The third kappa shape index (κ3) is 5.20. The molecule has 1 amide bonds. The van der Waals surface area contributed by atoms with Gasteiger partial charge in [-0.3, -0.25) is 4.79 Å². The number of amides is 1. The maximum Gasteiger partial charge on any atom is 0.243 e. The predicted octanol–water partition coefficient (Wildman–Crippen LogP) is 4.91. The smallest absolute Gasteiger partial charge is 0.243 e. The van der Waals surface area contributed by atoms with Gasteiger partial charge >= 0.3 is 0 Å². The summed E-state index contributed by atoms with van der Waals surface area (Å²) in [7, 11) is 3.14. The second-order valence-electron chi connectivity index (χ2n) is 5.88. The molecule has 0 unspecified atom stereocenters. The molecule has 0 aromatic heterocycles. The fraction of sp³-hybridized carbons (Fsp3) is 0.136. The fourth-order valence-electron chi connectivity index (χ4n) is 2.59. The van der Waals surface area contributed by atoms with Crippen LogP contribution in [-0.2, 0) is 4.79 Å². The molecule has 0 aliphatic rings. The molecule has 2 N–H and O–H groups in total. The van der Waals surface area contributed by atoms with Gasteiger partial charge in [0.15, 0.2) is 0 Å². The summed E-state index contributed by atoms with van der Waals surface area (Å²) < 4.78 is 10.5. The molecule has 0 fully saturated rings. The van der Waals surface area contributed by atoms with Gasteiger partial charge in [0.05, 0.1) is 26.5 Å². The molecule has 28 heavy (non-hydrogen) atoms. The van der Waals surface area contributed by atoms with Gasteiger partial charge in [-0.1, -0.05) is 42.1 Å². The Morgan fingerprint density at radius 1 is 0.893 bits per heavy atom. The number of para-hydroxylation sites is 1. The van der Waals surface area contributed by atoms with Crippen LogP contribution in [0.5, 0.6) is 11.5 Å². The number of hydrogen-bond acceptors (Lipinski definition) is 5. The van der Waals surface area contributed by atoms with E-state index in [1.54, 1.807) is 44.2 Å². The monoisotopic (exact) mass is 394 g/mol. The molecule has 0 bridgehead atoms. The molecule has 0 atom stereocenters. The average molecular weight is 394 g/mol. The van der Waals surface area contributed by atoms with Crippen molar-refractivity contribution < 1.29 is 14.3 Å². The second kappa shape index (κ2) is 9.71. The third-order valence-corrected chi connectivity index (χ3v) is 5.06. The zero-order valence-corrected chi connectivity index (χ0v) is 16.6. The highest BCUT2D eigenvalue weighted by Gasteiger charge is 2.10. The minimum Gasteiger partial charge on any atom is -0.497 e. The van der Waals surface area contributed by atoms with Crippen molar-refractivity contribution in [2.75, 3.05) is 31.4 Å². The van der Waals surface area contributed by atoms with Crippen LogP contribution < -0.4 is 20.1 Å². The molecule has 0 saturated carbocycles. The Morgan fingerprint density at radius 2 is 1.64 bits per heavy atom. The van der Waals surface area contributed by atoms with Crippen molar-refractivity contribution in [3.63, 3.8) is 0 Å². The van der Waals surface area contributed by atoms with E-state index < -0.39 is 0 Å². The zero-order chi connectivity index (χ0) is 19.8. The van der Waals surface area contributed by atoms with Crippen LogP contribution in [-0.4, -0.2) is 26.7 Å². The number of ether oxygens (including phenoxy) is 2. The Hall–Kier alpha value is -3.12. The van der Waals surface area contributed by atoms with Gasteiger partial charge in [-0.25, -0.2) is 0 Å². The van der Waals surface area contributed by atoms with Crippen molar-refractivity contribution in [1.29, 1.82) is 0 Å². The molecular weight excluding hydrogens is 372 g/mol. The Balaban J connectivity index is 1.64. The van der Waals surface area contributed by atoms with Crippen molar-refractivity contribution in [1.82, 2.24) is 0 Å². The molecule has 0 heterocycles. The molecule has 0 aliphatic carbocycles. The number of carbonyl (C=O) groups is 1. The lowest BCUT2D eigenvalue weighted by Gasteiger charge is -2.14. The molecule has 3 rings (SSSR count). The van der Waals surface area contributed by atoms with Crippen LogP contribution in [0.3, 0.4) is 0 Å². The predicted molar refractivity (Wildman–Crippen MR) is 114 cm³/mol. The lowest BCUT2D eigenvalue weighted by Crippen LogP contribution is -2.22. The normalized spacial score (nSPS) is 10.2. The number of methoxy groups -OCH3 is 2. The molecule has 0 radical (unpaired) electrons. The number of anilines is 2. The largest absolute Gasteiger partial charge is 0.497 e. The minimum atomic E-state index is -0.164. The molecule has 6 heteroatoms. The van der Waals surface area contributed by atoms with E-state index in [-0.39, 0.29) is 12.5 Å². The first-order valence-corrected chi connectivity index (χ1v) is 9.59. The quantitative estimate of drug-likeness (QED) is 0.569. The Kier molecular flexibility index (Phi) is 6.81. The fourth-order valence-corrected chi connectivity index (χ4v) is 3.53. The summed E-state index contributed by atoms with van der Waals surface area (Å²) in [6, 6.07) is 23.3. The topological polar surface area (TPSA) is 59.6 Å². The van der Waals surface area contributed by atoms with Gasteiger partial charge in [0.2, 0.25) is 5.91 Å². The summed E-state index contributed by atoms with van der Waals surface area (Å²) in [5.74, 6) is 1.05. The van der Waals surface area contributed by atoms with Gasteiger partial charge < -0.3 is 20.1 Å². The van der Waals surface area contributed by atoms with Gasteiger partial charge in [0.25, 0.3) is 0 Å². The zero-order valence-electron chi connectivity index (χ0n) is 15.8. The van der Waals surface area contributed by atoms with E-state index in [4.69, 9.17) is 9.47 Å². The lowest BCUT2D eigenvalue weighted by molar-refractivity contribution is -0.114. The number of carbonyl (C=O) groups excluding carboxylic acids is 1. The van der Waals surface area contributed by atoms with Crippen molar-refractivity contribution in [2.24, 2.45) is 0 Å². The average Bonchev–Trinajstić information content (AvgIpc) is 2.74. The van der Waals surface area contributed by atoms with E-state index in [0.29, 0.717) is 17.2 Å². The lowest BCUT2D eigenvalue weighted by atomic mass is 10.2. The maximum absolute atomic E-state index is 12.4. The van der Waals surface area contributed by atoms with Crippen LogP contribution in [0.15, 0.2) is 82.6 Å². The molecule has 3 aromatic rings. The SMILES string of the molecule is COc1ccc(NC(=O)CNc2ccccc2Sc2ccccc2)c(OC)c1. The number of nitrogens with one attached hydrogen (secondary N) is 2. The van der Waals surface area contributed by atoms with Gasteiger partial charge in [-0.05, 0) is 36.4 Å². The van der Waals surface area contributed by atoms with Crippen molar-refractivity contribution in [3.05, 3.63) is 72.8 Å². The Morgan fingerprint density at radius 3 is 2.39 bits per heavy atom. The molecular formula is C22H22N2O3S. The van der Waals surface area contributed by atoms with Crippen molar-refractivity contribution in [3.8, 4) is 11.5 Å². The summed E-state index contributed by atoms with van der Waals surface area (Å²) in [6.45, 7) is 0.140. The Labute approximate surface area is 169 Å². The molecule has 144 valence electrons. The number of hydrogen-bond donors (Lipinski definition) is 2. The Bertz CT molecular complexity index is 932. The van der Waals surface area contributed by atoms with E-state index in [9.17, 15) is 4.79 Å². The van der Waals surface area contributed by atoms with Crippen LogP contribution in [0.25, 0.3) is 0 Å². The van der Waals surface area contributed by atoms with E-state index in [1.807, 2.05) is 42.5 Å². The van der Waals surface area contributed by atoms with Crippen LogP contribution in [0, 0.1) is 0 Å². The van der Waals surface area contributed by atoms with E-state index in [2.05, 4.69) is 22.8 Å². The molecule has 0 saturated heterocycles. The van der Waals surface area contributed by atoms with E-state index in [0.717, 1.165) is 15.5 Å². The first kappa shape index (κ1) is 19.6. The van der Waals surface area contributed by atoms with E-state index >= 15 is 0 Å². The van der Waals surface area contributed by atoms with Crippen LogP contribution >= 0.6 is 11.8 Å². The molecule has 0 aliphatic heterocycles. The van der Waals surface area contributed by atoms with Crippen LogP contribution in [0.1, 0.15) is 0 Å². The van der Waals surface area contributed by atoms with Gasteiger partial charge in [-0.15, -0.1) is 0 Å². The highest BCUT2D eigenvalue weighted by atomic mass is 32.2. The molecule has 3 aromatic carbocycles. The van der Waals surface area contributed by atoms with E-state index in [1.165, 1.54) is 0 Å². The standard InChI is InChI=1S/C22H22N2O3S/c1-26-16-12-13-18(20(14-16)27-2)24-22(25)15-23-19-10-6-7-11-21(19)28-17-8-4-3-5-9-17/h3-14,23H,15H2,1-2H3,(H,24,25). The third-order valence-electron chi connectivity index (χ3n) is 3.98. The molecule has 0 spiro atoms. The van der Waals surface area contributed by atoms with Gasteiger partial charge in [0, 0.05) is 21.5 Å². The van der Waals surface area contributed by atoms with Gasteiger partial charge in [0.1, 0.15) is 11.5 Å². The summed E-state index contributed by atoms with van der Waals surface area (Å²) in [6.07, 6.45) is 0. The first-order chi connectivity index (χ1) is 13.7. The highest BCUT2D eigenvalue weighted by Crippen LogP contribution is 2.33. The minimum absolute atomic E-state index is 0.140. The summed E-state index contributed by atoms with van der Waals surface area (Å²) >= 11 is 1.65.